The zero-order valence-electron chi connectivity index (χ0n) is 13.1. The van der Waals surface area contributed by atoms with Crippen molar-refractivity contribution in [2.45, 2.75) is 10.9 Å². The maximum atomic E-state index is 16.5. The van der Waals surface area contributed by atoms with Gasteiger partial charge in [-0.15, -0.1) is 0 Å². The molecule has 7 heteroatoms. The lowest BCUT2D eigenvalue weighted by Crippen LogP contribution is -2.45. The van der Waals surface area contributed by atoms with Crippen molar-refractivity contribution in [2.24, 2.45) is 5.14 Å². The minimum absolute atomic E-state index is 0.140. The number of rotatable bonds is 3. The Balaban J connectivity index is 1.98. The van der Waals surface area contributed by atoms with Gasteiger partial charge in [0.25, 0.3) is 0 Å². The number of hydrogen-bond acceptors (Lipinski definition) is 2. The molecule has 0 fully saturated rings. The van der Waals surface area contributed by atoms with Gasteiger partial charge in [-0.1, -0.05) is 48.6 Å². The smallest absolute Gasteiger partial charge is 0.219 e. The highest BCUT2D eigenvalue weighted by Gasteiger charge is 2.51. The van der Waals surface area contributed by atoms with E-state index in [-0.39, 0.29) is 11.3 Å². The molecule has 1 aromatic carbocycles. The lowest BCUT2D eigenvalue weighted by atomic mass is 9.81. The van der Waals surface area contributed by atoms with Gasteiger partial charge in [0, 0.05) is 18.0 Å². The van der Waals surface area contributed by atoms with Crippen LogP contribution in [0.3, 0.4) is 0 Å². The monoisotopic (exact) mass is 357 g/mol. The van der Waals surface area contributed by atoms with E-state index in [9.17, 15) is 8.42 Å². The number of halogens is 1. The third kappa shape index (κ3) is 2.43. The molecule has 0 saturated heterocycles. The Morgan fingerprint density at radius 1 is 1.16 bits per heavy atom. The van der Waals surface area contributed by atoms with Crippen molar-refractivity contribution in [3.63, 3.8) is 0 Å². The number of sulfonamides is 1. The third-order valence-corrected chi connectivity index (χ3v) is 5.66. The lowest BCUT2D eigenvalue weighted by Gasteiger charge is -2.34. The van der Waals surface area contributed by atoms with Gasteiger partial charge in [-0.3, -0.25) is 0 Å². The number of fused-ring (bicyclic) bond motifs is 1. The van der Waals surface area contributed by atoms with Crippen molar-refractivity contribution in [1.82, 2.24) is 9.38 Å². The minimum Gasteiger partial charge on any atom is -0.341 e. The summed E-state index contributed by atoms with van der Waals surface area (Å²) in [7, 11) is -4.17. The van der Waals surface area contributed by atoms with Gasteiger partial charge < -0.3 is 9.38 Å². The molecule has 2 atom stereocenters. The number of aromatic nitrogens is 2. The van der Waals surface area contributed by atoms with Gasteiger partial charge in [0.15, 0.2) is 5.67 Å². The fourth-order valence-corrected chi connectivity index (χ4v) is 4.34. The van der Waals surface area contributed by atoms with E-state index in [0.717, 1.165) is 0 Å². The zero-order valence-corrected chi connectivity index (χ0v) is 13.9. The summed E-state index contributed by atoms with van der Waals surface area (Å²) < 4.78 is 42.5. The van der Waals surface area contributed by atoms with Crippen molar-refractivity contribution < 1.29 is 12.8 Å². The van der Waals surface area contributed by atoms with Crippen molar-refractivity contribution in [1.29, 1.82) is 0 Å². The first-order valence-electron chi connectivity index (χ1n) is 7.72. The van der Waals surface area contributed by atoms with Gasteiger partial charge in [0.05, 0.1) is 5.69 Å². The van der Waals surface area contributed by atoms with Gasteiger partial charge in [-0.05, 0) is 17.7 Å². The first kappa shape index (κ1) is 15.9. The molecule has 0 aliphatic heterocycles. The fraction of sp³-hybridized carbons (Fsp3) is 0.111. The summed E-state index contributed by atoms with van der Waals surface area (Å²) in [6.45, 7) is 0. The predicted molar refractivity (Wildman–Crippen MR) is 95.0 cm³/mol. The van der Waals surface area contributed by atoms with Crippen LogP contribution in [0.25, 0.3) is 11.2 Å². The fourth-order valence-electron chi connectivity index (χ4n) is 3.32. The molecule has 1 aliphatic carbocycles. The average Bonchev–Trinajstić information content (AvgIpc) is 3.16. The Bertz CT molecular complexity index is 1070. The number of imidazole rings is 1. The molecule has 0 spiro atoms. The van der Waals surface area contributed by atoms with Crippen LogP contribution >= 0.6 is 0 Å². The maximum Gasteiger partial charge on any atom is 0.219 e. The van der Waals surface area contributed by atoms with Crippen LogP contribution in [-0.2, 0) is 15.7 Å². The summed E-state index contributed by atoms with van der Waals surface area (Å²) in [5.74, 6) is 0. The topological polar surface area (TPSA) is 80.4 Å². The molecule has 4 rings (SSSR count). The second-order valence-electron chi connectivity index (χ2n) is 6.02. The van der Waals surface area contributed by atoms with E-state index in [1.807, 2.05) is 12.1 Å². The number of benzene rings is 1. The molecular weight excluding hydrogens is 341 g/mol. The summed E-state index contributed by atoms with van der Waals surface area (Å²) >= 11 is 0. The number of nitrogens with one attached hydrogen (secondary N) is 1. The van der Waals surface area contributed by atoms with Crippen LogP contribution in [0, 0.1) is 0 Å². The number of primary sulfonamides is 1. The minimum atomic E-state index is -4.17. The summed E-state index contributed by atoms with van der Waals surface area (Å²) in [4.78, 5) is 2.98. The number of H-pyrrole nitrogens is 1. The summed E-state index contributed by atoms with van der Waals surface area (Å²) in [6.07, 6.45) is 7.73. The van der Waals surface area contributed by atoms with Crippen molar-refractivity contribution in [2.75, 3.05) is 0 Å². The third-order valence-electron chi connectivity index (χ3n) is 4.47. The standard InChI is InChI=1S/C18H16FN3O2S/c19-18(15-12-22-11-5-10-17(22)21-15)14(13-6-2-1-3-7-13)8-4-9-16(18)25(20,23)24/h1-12,16,21H,(H2,20,23,24). The molecule has 0 bridgehead atoms. The number of alkyl halides is 1. The van der Waals surface area contributed by atoms with E-state index in [0.29, 0.717) is 11.2 Å². The maximum absolute atomic E-state index is 16.5. The molecule has 0 saturated carbocycles. The van der Waals surface area contributed by atoms with Crippen LogP contribution in [-0.4, -0.2) is 23.1 Å². The largest absolute Gasteiger partial charge is 0.341 e. The molecule has 3 aromatic rings. The first-order valence-corrected chi connectivity index (χ1v) is 9.33. The zero-order chi connectivity index (χ0) is 17.7. The molecule has 3 N–H and O–H groups in total. The Labute approximate surface area is 144 Å². The summed E-state index contributed by atoms with van der Waals surface area (Å²) in [5, 5.41) is 3.84. The van der Waals surface area contributed by atoms with E-state index < -0.39 is 20.9 Å². The van der Waals surface area contributed by atoms with E-state index in [4.69, 9.17) is 5.14 Å². The SMILES string of the molecule is NS(=O)(=O)C1C=CC=C(c2ccccc2)C1(F)c1cn2cccc2[nH]1. The number of nitrogens with zero attached hydrogens (tertiary/aromatic N) is 1. The van der Waals surface area contributed by atoms with Crippen molar-refractivity contribution in [3.8, 4) is 0 Å². The highest BCUT2D eigenvalue weighted by molar-refractivity contribution is 7.90. The molecule has 2 unspecified atom stereocenters. The molecule has 25 heavy (non-hydrogen) atoms. The molecule has 0 amide bonds. The van der Waals surface area contributed by atoms with Crippen LogP contribution in [0.15, 0.2) is 73.1 Å². The van der Waals surface area contributed by atoms with Crippen LogP contribution in [0.1, 0.15) is 11.3 Å². The van der Waals surface area contributed by atoms with E-state index in [2.05, 4.69) is 4.98 Å². The normalized spacial score (nSPS) is 23.8. The van der Waals surface area contributed by atoms with Gasteiger partial charge in [-0.25, -0.2) is 17.9 Å². The Kier molecular flexibility index (Phi) is 3.45. The molecule has 128 valence electrons. The highest BCUT2D eigenvalue weighted by atomic mass is 32.2. The number of aromatic amines is 1. The van der Waals surface area contributed by atoms with Crippen LogP contribution in [0.2, 0.25) is 0 Å². The van der Waals surface area contributed by atoms with Gasteiger partial charge in [0.2, 0.25) is 10.0 Å². The number of hydrogen-bond donors (Lipinski definition) is 2. The molecular formula is C18H16FN3O2S. The molecule has 2 aromatic heterocycles. The lowest BCUT2D eigenvalue weighted by molar-refractivity contribution is 0.245. The number of nitrogens with two attached hydrogens (primary N) is 1. The Hall–Kier alpha value is -2.64. The first-order chi connectivity index (χ1) is 11.9. The van der Waals surface area contributed by atoms with E-state index >= 15 is 4.39 Å². The summed E-state index contributed by atoms with van der Waals surface area (Å²) in [5.41, 5.74) is -0.673. The Morgan fingerprint density at radius 3 is 2.60 bits per heavy atom. The van der Waals surface area contributed by atoms with E-state index in [1.165, 1.54) is 12.2 Å². The van der Waals surface area contributed by atoms with Gasteiger partial charge in [0.1, 0.15) is 10.9 Å². The molecule has 1 aliphatic rings. The second-order valence-corrected chi connectivity index (χ2v) is 7.71. The summed E-state index contributed by atoms with van der Waals surface area (Å²) in [6, 6.07) is 12.5. The molecule has 0 radical (unpaired) electrons. The average molecular weight is 357 g/mol. The quantitative estimate of drug-likeness (QED) is 0.756. The van der Waals surface area contributed by atoms with Crippen LogP contribution in [0.5, 0.6) is 0 Å². The highest BCUT2D eigenvalue weighted by Crippen LogP contribution is 2.46. The number of allylic oxidation sites excluding steroid dienone is 3. The van der Waals surface area contributed by atoms with E-state index in [1.54, 1.807) is 53.2 Å². The predicted octanol–water partition coefficient (Wildman–Crippen LogP) is 2.74. The van der Waals surface area contributed by atoms with Gasteiger partial charge >= 0.3 is 0 Å². The Morgan fingerprint density at radius 2 is 1.92 bits per heavy atom. The van der Waals surface area contributed by atoms with Crippen molar-refractivity contribution in [3.05, 3.63) is 84.3 Å². The molecule has 5 nitrogen and oxygen atoms in total. The van der Waals surface area contributed by atoms with Crippen LogP contribution < -0.4 is 5.14 Å². The second kappa shape index (κ2) is 5.44. The molecule has 2 heterocycles. The van der Waals surface area contributed by atoms with Crippen molar-refractivity contribution >= 4 is 21.2 Å². The van der Waals surface area contributed by atoms with Crippen LogP contribution in [0.4, 0.5) is 4.39 Å². The van der Waals surface area contributed by atoms with Gasteiger partial charge in [-0.2, -0.15) is 0 Å².